The van der Waals surface area contributed by atoms with Crippen molar-refractivity contribution in [2.24, 2.45) is 0 Å². The van der Waals surface area contributed by atoms with E-state index in [4.69, 9.17) is 22.2 Å². The predicted octanol–water partition coefficient (Wildman–Crippen LogP) is 2.16. The van der Waals surface area contributed by atoms with Gasteiger partial charge in [0.05, 0.1) is 12.7 Å². The van der Waals surface area contributed by atoms with Crippen molar-refractivity contribution < 1.29 is 4.74 Å². The fraction of sp³-hybridized carbons (Fsp3) is 0.571. The fourth-order valence-electron chi connectivity index (χ4n) is 0.752. The van der Waals surface area contributed by atoms with Gasteiger partial charge in [0.25, 0.3) is 5.19 Å². The minimum atomic E-state index is -0.335. The molecule has 13 heavy (non-hydrogen) atoms. The summed E-state index contributed by atoms with van der Waals surface area (Å²) in [4.78, 5) is 0. The van der Waals surface area contributed by atoms with Crippen LogP contribution in [0, 0.1) is 15.3 Å². The highest BCUT2D eigenvalue weighted by molar-refractivity contribution is 7.73. The van der Waals surface area contributed by atoms with Gasteiger partial charge in [-0.2, -0.15) is 5.26 Å². The molecule has 1 aromatic rings. The summed E-state index contributed by atoms with van der Waals surface area (Å²) in [6.45, 7) is 4.18. The molecule has 6 heteroatoms. The van der Waals surface area contributed by atoms with E-state index < -0.39 is 0 Å². The number of hydrogen-bond donors (Lipinski definition) is 0. The van der Waals surface area contributed by atoms with Crippen LogP contribution in [0.15, 0.2) is 0 Å². The zero-order chi connectivity index (χ0) is 9.84. The molecule has 1 atom stereocenters. The molecule has 1 rings (SSSR count). The average molecular weight is 215 g/mol. The van der Waals surface area contributed by atoms with Gasteiger partial charge in [0.15, 0.2) is 3.95 Å². The fourth-order valence-corrected chi connectivity index (χ4v) is 1.91. The van der Waals surface area contributed by atoms with Crippen molar-refractivity contribution in [3.05, 3.63) is 3.95 Å². The number of rotatable bonds is 3. The van der Waals surface area contributed by atoms with Crippen molar-refractivity contribution in [1.82, 2.24) is 9.78 Å². The van der Waals surface area contributed by atoms with Crippen LogP contribution in [-0.4, -0.2) is 16.4 Å². The van der Waals surface area contributed by atoms with Gasteiger partial charge >= 0.3 is 0 Å². The van der Waals surface area contributed by atoms with Gasteiger partial charge in [0.2, 0.25) is 0 Å². The van der Waals surface area contributed by atoms with Crippen molar-refractivity contribution in [2.45, 2.75) is 19.9 Å². The Balaban J connectivity index is 2.98. The van der Waals surface area contributed by atoms with Crippen LogP contribution in [0.5, 0.6) is 5.19 Å². The van der Waals surface area contributed by atoms with E-state index in [-0.39, 0.29) is 6.04 Å². The molecule has 0 aliphatic heterocycles. The summed E-state index contributed by atoms with van der Waals surface area (Å²) in [6, 6.07) is 1.73. The van der Waals surface area contributed by atoms with E-state index in [1.807, 2.05) is 6.92 Å². The molecule has 0 radical (unpaired) electrons. The quantitative estimate of drug-likeness (QED) is 0.725. The lowest BCUT2D eigenvalue weighted by Gasteiger charge is -1.99. The van der Waals surface area contributed by atoms with Gasteiger partial charge < -0.3 is 4.74 Å². The minimum Gasteiger partial charge on any atom is -0.469 e. The van der Waals surface area contributed by atoms with Crippen molar-refractivity contribution >= 4 is 23.6 Å². The summed E-state index contributed by atoms with van der Waals surface area (Å²) in [5.41, 5.74) is 0. The first kappa shape index (κ1) is 10.2. The molecule has 0 fully saturated rings. The van der Waals surface area contributed by atoms with Gasteiger partial charge in [-0.05, 0) is 37.4 Å². The molecule has 4 nitrogen and oxygen atoms in total. The summed E-state index contributed by atoms with van der Waals surface area (Å²) in [5, 5.41) is 13.2. The van der Waals surface area contributed by atoms with E-state index in [0.717, 1.165) is 0 Å². The SMILES string of the molecule is CCOc1nn(C(C)C#N)c(=S)s1. The van der Waals surface area contributed by atoms with Gasteiger partial charge in [0.1, 0.15) is 6.04 Å². The Morgan fingerprint density at radius 1 is 1.85 bits per heavy atom. The Morgan fingerprint density at radius 3 is 3.08 bits per heavy atom. The van der Waals surface area contributed by atoms with E-state index >= 15 is 0 Å². The van der Waals surface area contributed by atoms with Crippen LogP contribution < -0.4 is 4.74 Å². The Hall–Kier alpha value is -0.930. The zero-order valence-electron chi connectivity index (χ0n) is 7.35. The molecule has 0 aliphatic carbocycles. The van der Waals surface area contributed by atoms with E-state index in [9.17, 15) is 0 Å². The molecule has 1 heterocycles. The van der Waals surface area contributed by atoms with Gasteiger partial charge in [0, 0.05) is 0 Å². The van der Waals surface area contributed by atoms with Crippen LogP contribution in [0.1, 0.15) is 19.9 Å². The van der Waals surface area contributed by atoms with Crippen LogP contribution in [0.3, 0.4) is 0 Å². The molecule has 0 aromatic carbocycles. The lowest BCUT2D eigenvalue weighted by Crippen LogP contribution is -2.04. The normalized spacial score (nSPS) is 12.1. The highest BCUT2D eigenvalue weighted by Gasteiger charge is 2.09. The lowest BCUT2D eigenvalue weighted by molar-refractivity contribution is 0.328. The number of nitrogens with zero attached hydrogens (tertiary/aromatic N) is 3. The Kier molecular flexibility index (Phi) is 3.39. The minimum absolute atomic E-state index is 0.335. The van der Waals surface area contributed by atoms with Crippen LogP contribution in [0.25, 0.3) is 0 Å². The number of nitriles is 1. The number of aromatic nitrogens is 2. The maximum atomic E-state index is 8.66. The predicted molar refractivity (Wildman–Crippen MR) is 52.4 cm³/mol. The Bertz CT molecular complexity index is 376. The molecule has 0 aliphatic rings. The molecule has 0 amide bonds. The van der Waals surface area contributed by atoms with E-state index in [0.29, 0.717) is 15.8 Å². The van der Waals surface area contributed by atoms with Crippen molar-refractivity contribution in [1.29, 1.82) is 5.26 Å². The van der Waals surface area contributed by atoms with Crippen LogP contribution in [-0.2, 0) is 0 Å². The number of hydrogen-bond acceptors (Lipinski definition) is 5. The maximum absolute atomic E-state index is 8.66. The van der Waals surface area contributed by atoms with E-state index in [1.54, 1.807) is 6.92 Å². The van der Waals surface area contributed by atoms with Gasteiger partial charge in [-0.25, -0.2) is 4.68 Å². The van der Waals surface area contributed by atoms with Crippen LogP contribution >= 0.6 is 23.6 Å². The lowest BCUT2D eigenvalue weighted by atomic mass is 10.4. The second-order valence-electron chi connectivity index (χ2n) is 2.32. The van der Waals surface area contributed by atoms with Gasteiger partial charge in [-0.15, -0.1) is 5.10 Å². The summed E-state index contributed by atoms with van der Waals surface area (Å²) in [6.07, 6.45) is 0. The first-order valence-electron chi connectivity index (χ1n) is 3.81. The van der Waals surface area contributed by atoms with Crippen molar-refractivity contribution in [2.75, 3.05) is 6.61 Å². The molecular weight excluding hydrogens is 206 g/mol. The summed E-state index contributed by atoms with van der Waals surface area (Å²) < 4.78 is 7.23. The molecule has 1 unspecified atom stereocenters. The van der Waals surface area contributed by atoms with Crippen LogP contribution in [0.4, 0.5) is 0 Å². The van der Waals surface area contributed by atoms with Gasteiger partial charge in [-0.1, -0.05) is 0 Å². The van der Waals surface area contributed by atoms with Gasteiger partial charge in [-0.3, -0.25) is 0 Å². The largest absolute Gasteiger partial charge is 0.469 e. The Labute approximate surface area is 85.4 Å². The monoisotopic (exact) mass is 215 g/mol. The molecular formula is C7H9N3OS2. The Morgan fingerprint density at radius 2 is 2.54 bits per heavy atom. The third-order valence-electron chi connectivity index (χ3n) is 1.37. The van der Waals surface area contributed by atoms with E-state index in [1.165, 1.54) is 16.0 Å². The zero-order valence-corrected chi connectivity index (χ0v) is 8.98. The second kappa shape index (κ2) is 4.35. The first-order valence-corrected chi connectivity index (χ1v) is 5.03. The van der Waals surface area contributed by atoms with E-state index in [2.05, 4.69) is 11.2 Å². The highest BCUT2D eigenvalue weighted by Crippen LogP contribution is 2.19. The molecule has 0 spiro atoms. The summed E-state index contributed by atoms with van der Waals surface area (Å²) >= 11 is 6.29. The topological polar surface area (TPSA) is 50.8 Å². The average Bonchev–Trinajstić information content (AvgIpc) is 2.46. The van der Waals surface area contributed by atoms with Crippen LogP contribution in [0.2, 0.25) is 0 Å². The maximum Gasteiger partial charge on any atom is 0.293 e. The third-order valence-corrected chi connectivity index (χ3v) is 2.55. The summed E-state index contributed by atoms with van der Waals surface area (Å²) in [5.74, 6) is 0. The standard InChI is InChI=1S/C7H9N3OS2/c1-3-11-6-9-10(5(2)4-8)7(12)13-6/h5H,3H2,1-2H3. The van der Waals surface area contributed by atoms with Crippen molar-refractivity contribution in [3.63, 3.8) is 0 Å². The highest BCUT2D eigenvalue weighted by atomic mass is 32.1. The molecule has 0 saturated carbocycles. The molecule has 1 aromatic heterocycles. The van der Waals surface area contributed by atoms with Crippen molar-refractivity contribution in [3.8, 4) is 11.3 Å². The second-order valence-corrected chi connectivity index (χ2v) is 3.90. The third kappa shape index (κ3) is 2.26. The number of ether oxygens (including phenoxy) is 1. The first-order chi connectivity index (χ1) is 6.19. The molecule has 0 bridgehead atoms. The molecule has 70 valence electrons. The molecule has 0 saturated heterocycles. The smallest absolute Gasteiger partial charge is 0.293 e. The molecule has 0 N–H and O–H groups in total. The summed E-state index contributed by atoms with van der Waals surface area (Å²) in [7, 11) is 0.